The maximum atomic E-state index is 11.4. The number of aliphatic hydroxyl groups is 1. The topological polar surface area (TPSA) is 60.0 Å². The zero-order chi connectivity index (χ0) is 23.3. The summed E-state index contributed by atoms with van der Waals surface area (Å²) in [5.41, 5.74) is 3.25. The fourth-order valence-electron chi connectivity index (χ4n) is 5.48. The second-order valence-electron chi connectivity index (χ2n) is 10.0. The first-order valence-electron chi connectivity index (χ1n) is 12.8. The lowest BCUT2D eigenvalue weighted by Crippen LogP contribution is -2.46. The first-order chi connectivity index (χ1) is 16.6. The monoisotopic (exact) mass is 484 g/mol. The highest BCUT2D eigenvalue weighted by atomic mass is 35.5. The van der Waals surface area contributed by atoms with Crippen LogP contribution in [-0.4, -0.2) is 73.4 Å². The number of likely N-dealkylation sites (tertiary alicyclic amines) is 2. The molecule has 0 spiro atoms. The summed E-state index contributed by atoms with van der Waals surface area (Å²) >= 11 is 6.03. The Bertz CT molecular complexity index is 935. The van der Waals surface area contributed by atoms with Gasteiger partial charge in [0.25, 0.3) is 0 Å². The van der Waals surface area contributed by atoms with Gasteiger partial charge in [-0.15, -0.1) is 0 Å². The van der Waals surface area contributed by atoms with Crippen LogP contribution in [-0.2, 0) is 6.54 Å². The highest BCUT2D eigenvalue weighted by Crippen LogP contribution is 2.32. The molecule has 3 aliphatic heterocycles. The third kappa shape index (κ3) is 6.04. The SMILES string of the molecule is OC(c1ccc2c(c1)OCCN2)C(CN1CCCC1)NCC1CCN(Cc2ccc(Cl)cc2)C1. The van der Waals surface area contributed by atoms with Gasteiger partial charge in [0, 0.05) is 37.2 Å². The number of aliphatic hydroxyl groups excluding tert-OH is 1. The van der Waals surface area contributed by atoms with Gasteiger partial charge in [0.05, 0.1) is 11.8 Å². The van der Waals surface area contributed by atoms with Gasteiger partial charge in [0.2, 0.25) is 0 Å². The van der Waals surface area contributed by atoms with E-state index in [1.165, 1.54) is 24.8 Å². The number of anilines is 1. The number of benzene rings is 2. The van der Waals surface area contributed by atoms with Gasteiger partial charge in [-0.2, -0.15) is 0 Å². The molecule has 2 aromatic rings. The molecule has 7 heteroatoms. The van der Waals surface area contributed by atoms with Gasteiger partial charge < -0.3 is 25.4 Å². The van der Waals surface area contributed by atoms with Crippen molar-refractivity contribution < 1.29 is 9.84 Å². The molecule has 0 aliphatic carbocycles. The minimum absolute atomic E-state index is 0.00184. The molecule has 5 rings (SSSR count). The van der Waals surface area contributed by atoms with Crippen molar-refractivity contribution >= 4 is 17.3 Å². The van der Waals surface area contributed by atoms with Gasteiger partial charge in [-0.25, -0.2) is 0 Å². The van der Waals surface area contributed by atoms with E-state index < -0.39 is 6.10 Å². The average molecular weight is 485 g/mol. The number of ether oxygens (including phenoxy) is 1. The largest absolute Gasteiger partial charge is 0.490 e. The Kier molecular flexibility index (Phi) is 7.92. The lowest BCUT2D eigenvalue weighted by Gasteiger charge is -2.30. The Balaban J connectivity index is 1.19. The molecule has 34 heavy (non-hydrogen) atoms. The third-order valence-corrected chi connectivity index (χ3v) is 7.67. The predicted molar refractivity (Wildman–Crippen MR) is 138 cm³/mol. The van der Waals surface area contributed by atoms with Gasteiger partial charge >= 0.3 is 0 Å². The molecule has 0 aromatic heterocycles. The predicted octanol–water partition coefficient (Wildman–Crippen LogP) is 3.75. The molecular formula is C27H37ClN4O2. The fraction of sp³-hybridized carbons (Fsp3) is 0.556. The minimum Gasteiger partial charge on any atom is -0.490 e. The highest BCUT2D eigenvalue weighted by molar-refractivity contribution is 6.30. The second-order valence-corrected chi connectivity index (χ2v) is 10.5. The Morgan fingerprint density at radius 1 is 1.09 bits per heavy atom. The molecule has 2 saturated heterocycles. The molecule has 184 valence electrons. The summed E-state index contributed by atoms with van der Waals surface area (Å²) in [7, 11) is 0. The summed E-state index contributed by atoms with van der Waals surface area (Å²) in [6.07, 6.45) is 3.13. The summed E-state index contributed by atoms with van der Waals surface area (Å²) in [6.45, 7) is 8.70. The van der Waals surface area contributed by atoms with Crippen molar-refractivity contribution in [1.29, 1.82) is 0 Å². The Labute approximate surface area is 208 Å². The molecule has 0 bridgehead atoms. The molecule has 0 radical (unpaired) electrons. The van der Waals surface area contributed by atoms with Gasteiger partial charge in [0.15, 0.2) is 0 Å². The first kappa shape index (κ1) is 23.9. The molecule has 3 atom stereocenters. The van der Waals surface area contributed by atoms with E-state index in [1.54, 1.807) is 0 Å². The zero-order valence-electron chi connectivity index (χ0n) is 19.9. The van der Waals surface area contributed by atoms with Crippen molar-refractivity contribution in [2.45, 2.75) is 38.0 Å². The molecule has 3 N–H and O–H groups in total. The molecule has 3 unspecified atom stereocenters. The number of rotatable bonds is 9. The maximum Gasteiger partial charge on any atom is 0.142 e. The van der Waals surface area contributed by atoms with Crippen LogP contribution in [0.1, 0.15) is 36.5 Å². The molecule has 6 nitrogen and oxygen atoms in total. The van der Waals surface area contributed by atoms with Crippen molar-refractivity contribution in [3.63, 3.8) is 0 Å². The number of halogens is 1. The van der Waals surface area contributed by atoms with Crippen LogP contribution in [0.25, 0.3) is 0 Å². The smallest absolute Gasteiger partial charge is 0.142 e. The Morgan fingerprint density at radius 3 is 2.74 bits per heavy atom. The van der Waals surface area contributed by atoms with Gasteiger partial charge in [-0.3, -0.25) is 4.90 Å². The van der Waals surface area contributed by atoms with Crippen LogP contribution in [0.15, 0.2) is 42.5 Å². The van der Waals surface area contributed by atoms with Crippen LogP contribution in [0.5, 0.6) is 5.75 Å². The summed E-state index contributed by atoms with van der Waals surface area (Å²) in [5, 5.41) is 19.3. The summed E-state index contributed by atoms with van der Waals surface area (Å²) in [5.74, 6) is 1.44. The molecule has 0 saturated carbocycles. The Hall–Kier alpha value is -1.83. The minimum atomic E-state index is -0.567. The van der Waals surface area contributed by atoms with E-state index >= 15 is 0 Å². The molecule has 3 heterocycles. The van der Waals surface area contributed by atoms with E-state index in [1.807, 2.05) is 30.3 Å². The molecule has 2 aromatic carbocycles. The van der Waals surface area contributed by atoms with Crippen molar-refractivity contribution in [3.05, 3.63) is 58.6 Å². The van der Waals surface area contributed by atoms with Gasteiger partial charge in [-0.1, -0.05) is 29.8 Å². The van der Waals surface area contributed by atoms with E-state index in [0.29, 0.717) is 12.5 Å². The number of nitrogens with zero attached hydrogens (tertiary/aromatic N) is 2. The zero-order valence-corrected chi connectivity index (χ0v) is 20.6. The second kappa shape index (κ2) is 11.3. The van der Waals surface area contributed by atoms with Crippen LogP contribution >= 0.6 is 11.6 Å². The number of hydrogen-bond donors (Lipinski definition) is 3. The van der Waals surface area contributed by atoms with E-state index in [9.17, 15) is 5.11 Å². The first-order valence-corrected chi connectivity index (χ1v) is 13.1. The van der Waals surface area contributed by atoms with Gasteiger partial charge in [0.1, 0.15) is 12.4 Å². The van der Waals surface area contributed by atoms with Crippen LogP contribution in [0.3, 0.4) is 0 Å². The maximum absolute atomic E-state index is 11.4. The van der Waals surface area contributed by atoms with Crippen molar-refractivity contribution in [2.24, 2.45) is 5.92 Å². The van der Waals surface area contributed by atoms with E-state index in [4.69, 9.17) is 16.3 Å². The number of hydrogen-bond acceptors (Lipinski definition) is 6. The van der Waals surface area contributed by atoms with Crippen molar-refractivity contribution in [3.8, 4) is 5.75 Å². The standard InChI is InChI=1S/C27H37ClN4O2/c28-23-6-3-20(4-7-23)17-32-13-9-21(18-32)16-30-25(19-31-11-1-2-12-31)27(33)22-5-8-24-26(15-22)34-14-10-29-24/h3-8,15,21,25,27,29-30,33H,1-2,9-14,16-19H2. The van der Waals surface area contributed by atoms with E-state index in [2.05, 4.69) is 32.6 Å². The number of fused-ring (bicyclic) bond motifs is 1. The molecule has 0 amide bonds. The van der Waals surface area contributed by atoms with Crippen LogP contribution in [0.2, 0.25) is 5.02 Å². The lowest BCUT2D eigenvalue weighted by atomic mass is 9.99. The summed E-state index contributed by atoms with van der Waals surface area (Å²) in [6, 6.07) is 14.3. The summed E-state index contributed by atoms with van der Waals surface area (Å²) < 4.78 is 5.82. The quantitative estimate of drug-likeness (QED) is 0.504. The summed E-state index contributed by atoms with van der Waals surface area (Å²) in [4.78, 5) is 5.01. The van der Waals surface area contributed by atoms with Gasteiger partial charge in [-0.05, 0) is 86.8 Å². The van der Waals surface area contributed by atoms with Crippen LogP contribution < -0.4 is 15.4 Å². The Morgan fingerprint density at radius 2 is 1.91 bits per heavy atom. The fourth-order valence-corrected chi connectivity index (χ4v) is 5.60. The van der Waals surface area contributed by atoms with Crippen LogP contribution in [0, 0.1) is 5.92 Å². The molecule has 3 aliphatic rings. The van der Waals surface area contributed by atoms with Crippen molar-refractivity contribution in [2.75, 3.05) is 57.7 Å². The molecular weight excluding hydrogens is 448 g/mol. The number of nitrogens with one attached hydrogen (secondary N) is 2. The van der Waals surface area contributed by atoms with E-state index in [0.717, 1.165) is 74.4 Å². The molecule has 2 fully saturated rings. The lowest BCUT2D eigenvalue weighted by molar-refractivity contribution is 0.104. The highest BCUT2D eigenvalue weighted by Gasteiger charge is 2.28. The normalized spacial score (nSPS) is 22.7. The average Bonchev–Trinajstić information content (AvgIpc) is 3.54. The third-order valence-electron chi connectivity index (χ3n) is 7.42. The van der Waals surface area contributed by atoms with Crippen molar-refractivity contribution in [1.82, 2.24) is 15.1 Å². The van der Waals surface area contributed by atoms with E-state index in [-0.39, 0.29) is 6.04 Å². The van der Waals surface area contributed by atoms with Crippen LogP contribution in [0.4, 0.5) is 5.69 Å².